The highest BCUT2D eigenvalue weighted by molar-refractivity contribution is 7.97. The molecule has 6 nitrogen and oxygen atoms in total. The minimum absolute atomic E-state index is 0.0745. The van der Waals surface area contributed by atoms with Crippen molar-refractivity contribution in [3.8, 4) is 11.1 Å². The van der Waals surface area contributed by atoms with Crippen LogP contribution in [0.2, 0.25) is 0 Å². The van der Waals surface area contributed by atoms with Gasteiger partial charge in [0.05, 0.1) is 11.4 Å². The second-order valence-electron chi connectivity index (χ2n) is 9.62. The molecule has 0 aliphatic carbocycles. The number of benzene rings is 3. The van der Waals surface area contributed by atoms with E-state index in [1.54, 1.807) is 12.1 Å². The second-order valence-corrected chi connectivity index (χ2v) is 13.7. The first-order valence-electron chi connectivity index (χ1n) is 12.4. The quantitative estimate of drug-likeness (QED) is 0.186. The van der Waals surface area contributed by atoms with E-state index in [4.69, 9.17) is 5.11 Å². The highest BCUT2D eigenvalue weighted by Gasteiger charge is 2.34. The molecule has 4 rings (SSSR count). The normalized spacial score (nSPS) is 12.2. The molecule has 3 aromatic carbocycles. The van der Waals surface area contributed by atoms with Crippen LogP contribution >= 0.6 is 23.3 Å². The van der Waals surface area contributed by atoms with Crippen LogP contribution in [0, 0.1) is 20.8 Å². The van der Waals surface area contributed by atoms with Crippen molar-refractivity contribution in [2.75, 3.05) is 5.75 Å². The number of aromatic nitrogens is 1. The molecule has 1 aromatic heterocycles. The van der Waals surface area contributed by atoms with Gasteiger partial charge >= 0.3 is 12.1 Å². The lowest BCUT2D eigenvalue weighted by Gasteiger charge is -2.23. The fourth-order valence-electron chi connectivity index (χ4n) is 4.35. The van der Waals surface area contributed by atoms with Gasteiger partial charge in [0.15, 0.2) is 21.3 Å². The fraction of sp³-hybridized carbons (Fsp3) is 0.241. The predicted molar refractivity (Wildman–Crippen MR) is 154 cm³/mol. The predicted octanol–water partition coefficient (Wildman–Crippen LogP) is 7.32. The Labute approximate surface area is 244 Å². The van der Waals surface area contributed by atoms with Crippen molar-refractivity contribution >= 4 is 39.1 Å². The molecular weight excluding hydrogens is 594 g/mol. The maximum Gasteiger partial charge on any atom is 0.434 e. The number of sulfone groups is 1. The van der Waals surface area contributed by atoms with Crippen LogP contribution in [-0.4, -0.2) is 34.5 Å². The molecule has 0 spiro atoms. The lowest BCUT2D eigenvalue weighted by atomic mass is 10.0. The van der Waals surface area contributed by atoms with Crippen LogP contribution in [0.25, 0.3) is 11.1 Å². The molecule has 0 aliphatic rings. The van der Waals surface area contributed by atoms with Gasteiger partial charge in [-0.05, 0) is 72.7 Å². The summed E-state index contributed by atoms with van der Waals surface area (Å²) in [4.78, 5) is 15.7. The SMILES string of the molecule is Cc1cc(C)c(SN(Cc2ccc(-c3cccc(S(=O)(=O)CC(=O)O)c3)cc2)Cc2nc(C(F)(F)F)cs2)c(C)c1. The Kier molecular flexibility index (Phi) is 9.27. The van der Waals surface area contributed by atoms with E-state index in [1.807, 2.05) is 49.3 Å². The lowest BCUT2D eigenvalue weighted by molar-refractivity contribution is -0.140. The number of hydrogen-bond acceptors (Lipinski definition) is 7. The zero-order valence-electron chi connectivity index (χ0n) is 22.4. The number of carboxylic acid groups (broad SMARTS) is 1. The van der Waals surface area contributed by atoms with Crippen molar-refractivity contribution in [2.24, 2.45) is 0 Å². The third-order valence-electron chi connectivity index (χ3n) is 6.13. The van der Waals surface area contributed by atoms with Gasteiger partial charge in [-0.25, -0.2) is 17.7 Å². The van der Waals surface area contributed by atoms with Crippen molar-refractivity contribution in [3.63, 3.8) is 0 Å². The molecule has 0 atom stereocenters. The summed E-state index contributed by atoms with van der Waals surface area (Å²) in [5, 5.41) is 10.3. The second kappa shape index (κ2) is 12.4. The molecule has 4 aromatic rings. The summed E-state index contributed by atoms with van der Waals surface area (Å²) in [7, 11) is -3.98. The minimum Gasteiger partial charge on any atom is -0.480 e. The number of carboxylic acids is 1. The van der Waals surface area contributed by atoms with E-state index >= 15 is 0 Å². The summed E-state index contributed by atoms with van der Waals surface area (Å²) in [5.74, 6) is -2.42. The number of thiazole rings is 1. The molecule has 0 saturated heterocycles. The van der Waals surface area contributed by atoms with Crippen LogP contribution in [0.1, 0.15) is 33.0 Å². The van der Waals surface area contributed by atoms with E-state index in [1.165, 1.54) is 24.1 Å². The zero-order chi connectivity index (χ0) is 29.9. The van der Waals surface area contributed by atoms with Gasteiger partial charge in [-0.1, -0.05) is 54.1 Å². The first-order chi connectivity index (χ1) is 19.2. The summed E-state index contributed by atoms with van der Waals surface area (Å²) in [5.41, 5.74) is 4.61. The topological polar surface area (TPSA) is 87.6 Å². The largest absolute Gasteiger partial charge is 0.480 e. The van der Waals surface area contributed by atoms with Crippen LogP contribution in [0.4, 0.5) is 13.2 Å². The van der Waals surface area contributed by atoms with Gasteiger partial charge in [0.2, 0.25) is 0 Å². The molecule has 41 heavy (non-hydrogen) atoms. The monoisotopic (exact) mass is 620 g/mol. The van der Waals surface area contributed by atoms with Crippen LogP contribution in [0.3, 0.4) is 0 Å². The molecule has 0 saturated carbocycles. The molecule has 0 fully saturated rings. The number of alkyl halides is 3. The summed E-state index contributed by atoms with van der Waals surface area (Å²) in [6, 6.07) is 17.6. The van der Waals surface area contributed by atoms with Gasteiger partial charge in [0.25, 0.3) is 0 Å². The number of aryl methyl sites for hydroxylation is 3. The first-order valence-corrected chi connectivity index (χ1v) is 15.7. The molecule has 12 heteroatoms. The smallest absolute Gasteiger partial charge is 0.434 e. The minimum atomic E-state index is -4.50. The Morgan fingerprint density at radius 1 is 0.976 bits per heavy atom. The van der Waals surface area contributed by atoms with E-state index < -0.39 is 33.4 Å². The molecule has 216 valence electrons. The van der Waals surface area contributed by atoms with Crippen molar-refractivity contribution in [1.82, 2.24) is 9.29 Å². The van der Waals surface area contributed by atoms with Crippen LogP contribution in [-0.2, 0) is 33.9 Å². The Morgan fingerprint density at radius 2 is 1.63 bits per heavy atom. The number of hydrogen-bond donors (Lipinski definition) is 1. The maximum atomic E-state index is 13.2. The fourth-order valence-corrected chi connectivity index (χ4v) is 7.39. The molecular formula is C29H27F3N2O4S3. The zero-order valence-corrected chi connectivity index (χ0v) is 24.8. The maximum absolute atomic E-state index is 13.2. The van der Waals surface area contributed by atoms with Gasteiger partial charge in [0.1, 0.15) is 5.01 Å². The van der Waals surface area contributed by atoms with Crippen molar-refractivity contribution in [1.29, 1.82) is 0 Å². The van der Waals surface area contributed by atoms with Crippen molar-refractivity contribution in [3.05, 3.63) is 99.0 Å². The number of aliphatic carboxylic acids is 1. The Balaban J connectivity index is 1.59. The Morgan fingerprint density at radius 3 is 2.22 bits per heavy atom. The molecule has 0 aliphatic heterocycles. The number of rotatable bonds is 10. The third-order valence-corrected chi connectivity index (χ3v) is 9.91. The van der Waals surface area contributed by atoms with Gasteiger partial charge < -0.3 is 5.11 Å². The standard InChI is InChI=1S/C29H27F3N2O4S3/c1-18-11-19(2)28(20(3)12-18)40-34(15-26-33-25(16-39-26)29(30,31)32)14-21-7-9-22(10-8-21)23-5-4-6-24(13-23)41(37,38)17-27(35)36/h4-13,16H,14-15,17H2,1-3H3,(H,35,36). The van der Waals surface area contributed by atoms with Crippen LogP contribution in [0.5, 0.6) is 0 Å². The van der Waals surface area contributed by atoms with E-state index in [-0.39, 0.29) is 11.4 Å². The molecule has 0 bridgehead atoms. The third kappa shape index (κ3) is 7.97. The van der Waals surface area contributed by atoms with E-state index in [0.717, 1.165) is 49.4 Å². The highest BCUT2D eigenvalue weighted by Crippen LogP contribution is 2.35. The van der Waals surface area contributed by atoms with E-state index in [9.17, 15) is 26.4 Å². The highest BCUT2D eigenvalue weighted by atomic mass is 32.2. The number of nitrogens with zero attached hydrogens (tertiary/aromatic N) is 2. The van der Waals surface area contributed by atoms with E-state index in [0.29, 0.717) is 17.1 Å². The van der Waals surface area contributed by atoms with Gasteiger partial charge in [-0.15, -0.1) is 11.3 Å². The summed E-state index contributed by atoms with van der Waals surface area (Å²) in [6.07, 6.45) is -4.50. The molecule has 0 unspecified atom stereocenters. The Bertz CT molecular complexity index is 1640. The summed E-state index contributed by atoms with van der Waals surface area (Å²) >= 11 is 2.44. The average Bonchev–Trinajstić information content (AvgIpc) is 3.35. The summed E-state index contributed by atoms with van der Waals surface area (Å²) in [6.45, 7) is 6.63. The number of halogens is 3. The summed E-state index contributed by atoms with van der Waals surface area (Å²) < 4.78 is 66.2. The molecule has 0 amide bonds. The van der Waals surface area contributed by atoms with Crippen LogP contribution < -0.4 is 0 Å². The Hall–Kier alpha value is -3.19. The first kappa shape index (κ1) is 30.8. The lowest BCUT2D eigenvalue weighted by Crippen LogP contribution is -2.16. The molecule has 1 N–H and O–H groups in total. The molecule has 0 radical (unpaired) electrons. The van der Waals surface area contributed by atoms with Crippen molar-refractivity contribution in [2.45, 2.75) is 49.8 Å². The molecule has 1 heterocycles. The van der Waals surface area contributed by atoms with E-state index in [2.05, 4.69) is 17.1 Å². The number of carbonyl (C=O) groups is 1. The van der Waals surface area contributed by atoms with Crippen LogP contribution in [0.15, 0.2) is 75.8 Å². The van der Waals surface area contributed by atoms with Crippen molar-refractivity contribution < 1.29 is 31.5 Å². The van der Waals surface area contributed by atoms with Gasteiger partial charge in [-0.2, -0.15) is 13.2 Å². The average molecular weight is 621 g/mol. The van der Waals surface area contributed by atoms with Gasteiger partial charge in [-0.3, -0.25) is 4.79 Å². The van der Waals surface area contributed by atoms with Gasteiger partial charge in [0, 0.05) is 16.8 Å².